The van der Waals surface area contributed by atoms with E-state index >= 15 is 0 Å². The van der Waals surface area contributed by atoms with E-state index in [0.29, 0.717) is 13.0 Å². The summed E-state index contributed by atoms with van der Waals surface area (Å²) in [5.41, 5.74) is 2.29. The van der Waals surface area contributed by atoms with E-state index in [1.807, 2.05) is 26.0 Å². The second kappa shape index (κ2) is 6.89. The van der Waals surface area contributed by atoms with Gasteiger partial charge in [-0.05, 0) is 36.6 Å². The van der Waals surface area contributed by atoms with Gasteiger partial charge in [0, 0.05) is 13.0 Å². The van der Waals surface area contributed by atoms with E-state index in [1.165, 1.54) is 0 Å². The largest absolute Gasteiger partial charge is 0.493 e. The molecule has 1 amide bonds. The molecule has 0 saturated heterocycles. The molecular formula is C14H21NO3. The van der Waals surface area contributed by atoms with Crippen molar-refractivity contribution < 1.29 is 14.3 Å². The number of aryl methyl sites for hydroxylation is 1. The van der Waals surface area contributed by atoms with Gasteiger partial charge < -0.3 is 14.8 Å². The maximum absolute atomic E-state index is 11.2. The van der Waals surface area contributed by atoms with E-state index in [4.69, 9.17) is 9.47 Å². The van der Waals surface area contributed by atoms with E-state index < -0.39 is 0 Å². The van der Waals surface area contributed by atoms with Crippen molar-refractivity contribution in [1.82, 2.24) is 5.32 Å². The molecule has 4 nitrogen and oxygen atoms in total. The molecule has 18 heavy (non-hydrogen) atoms. The van der Waals surface area contributed by atoms with Crippen LogP contribution in [0.25, 0.3) is 0 Å². The minimum Gasteiger partial charge on any atom is -0.493 e. The lowest BCUT2D eigenvalue weighted by molar-refractivity contribution is -0.120. The fourth-order valence-electron chi connectivity index (χ4n) is 1.75. The Bertz CT molecular complexity index is 416. The lowest BCUT2D eigenvalue weighted by Gasteiger charge is -2.13. The van der Waals surface area contributed by atoms with Crippen LogP contribution in [0.3, 0.4) is 0 Å². The van der Waals surface area contributed by atoms with Gasteiger partial charge in [0.1, 0.15) is 0 Å². The van der Waals surface area contributed by atoms with Crippen LogP contribution in [0.1, 0.15) is 24.5 Å². The van der Waals surface area contributed by atoms with Crippen molar-refractivity contribution in [3.8, 4) is 11.5 Å². The lowest BCUT2D eigenvalue weighted by atomic mass is 10.0. The number of rotatable bonds is 6. The molecular weight excluding hydrogens is 230 g/mol. The molecule has 4 heteroatoms. The molecule has 1 aromatic rings. The summed E-state index contributed by atoms with van der Waals surface area (Å²) >= 11 is 0. The normalized spacial score (nSPS) is 10.0. The van der Waals surface area contributed by atoms with Crippen molar-refractivity contribution in [2.24, 2.45) is 0 Å². The van der Waals surface area contributed by atoms with Crippen molar-refractivity contribution >= 4 is 5.91 Å². The summed E-state index contributed by atoms with van der Waals surface area (Å²) in [5.74, 6) is 1.53. The second-order valence-electron chi connectivity index (χ2n) is 4.09. The smallest absolute Gasteiger partial charge is 0.219 e. The molecule has 1 N–H and O–H groups in total. The van der Waals surface area contributed by atoms with Crippen molar-refractivity contribution in [3.05, 3.63) is 23.3 Å². The van der Waals surface area contributed by atoms with Crippen LogP contribution in [0.5, 0.6) is 11.5 Å². The highest BCUT2D eigenvalue weighted by molar-refractivity contribution is 5.75. The highest BCUT2D eigenvalue weighted by atomic mass is 16.5. The summed E-state index contributed by atoms with van der Waals surface area (Å²) in [6, 6.07) is 3.92. The quantitative estimate of drug-likeness (QED) is 0.842. The highest BCUT2D eigenvalue weighted by Crippen LogP contribution is 2.30. The van der Waals surface area contributed by atoms with Gasteiger partial charge in [0.05, 0.1) is 14.2 Å². The summed E-state index contributed by atoms with van der Waals surface area (Å²) in [7, 11) is 3.24. The fraction of sp³-hybridized carbons (Fsp3) is 0.500. The molecule has 0 unspecified atom stereocenters. The molecule has 100 valence electrons. The van der Waals surface area contributed by atoms with Crippen LogP contribution in [0.4, 0.5) is 0 Å². The third-order valence-electron chi connectivity index (χ3n) is 2.88. The predicted octanol–water partition coefficient (Wildman–Crippen LogP) is 2.08. The number of nitrogens with one attached hydrogen (secondary N) is 1. The third kappa shape index (κ3) is 3.65. The summed E-state index contributed by atoms with van der Waals surface area (Å²) < 4.78 is 10.5. The Morgan fingerprint density at radius 3 is 2.39 bits per heavy atom. The van der Waals surface area contributed by atoms with E-state index in [9.17, 15) is 4.79 Å². The molecule has 0 spiro atoms. The maximum Gasteiger partial charge on any atom is 0.219 e. The molecule has 1 rings (SSSR count). The molecule has 0 aliphatic heterocycles. The minimum atomic E-state index is 0.0770. The third-order valence-corrected chi connectivity index (χ3v) is 2.88. The standard InChI is InChI=1S/C14H21NO3/c1-5-14(16)15-7-6-11-9-13(18-4)12(17-3)8-10(11)2/h8-9H,5-7H2,1-4H3,(H,15,16). The van der Waals surface area contributed by atoms with Crippen LogP contribution in [0, 0.1) is 6.92 Å². The molecule has 0 fully saturated rings. The zero-order chi connectivity index (χ0) is 13.5. The highest BCUT2D eigenvalue weighted by Gasteiger charge is 2.08. The predicted molar refractivity (Wildman–Crippen MR) is 71.3 cm³/mol. The van der Waals surface area contributed by atoms with E-state index in [0.717, 1.165) is 29.0 Å². The first-order valence-electron chi connectivity index (χ1n) is 6.10. The van der Waals surface area contributed by atoms with Crippen LogP contribution >= 0.6 is 0 Å². The van der Waals surface area contributed by atoms with Gasteiger partial charge in [-0.15, -0.1) is 0 Å². The monoisotopic (exact) mass is 251 g/mol. The number of ether oxygens (including phenoxy) is 2. The number of amides is 1. The molecule has 1 aromatic carbocycles. The van der Waals surface area contributed by atoms with Gasteiger partial charge in [-0.3, -0.25) is 4.79 Å². The zero-order valence-corrected chi connectivity index (χ0v) is 11.5. The molecule has 0 bridgehead atoms. The van der Waals surface area contributed by atoms with E-state index in [-0.39, 0.29) is 5.91 Å². The summed E-state index contributed by atoms with van der Waals surface area (Å²) in [6.07, 6.45) is 1.31. The molecule has 0 aliphatic rings. The van der Waals surface area contributed by atoms with Gasteiger partial charge in [0.25, 0.3) is 0 Å². The SMILES string of the molecule is CCC(=O)NCCc1cc(OC)c(OC)cc1C. The number of benzene rings is 1. The average Bonchev–Trinajstić information content (AvgIpc) is 2.39. The van der Waals surface area contributed by atoms with Gasteiger partial charge in [0.15, 0.2) is 11.5 Å². The minimum absolute atomic E-state index is 0.0770. The van der Waals surface area contributed by atoms with Crippen molar-refractivity contribution in [2.75, 3.05) is 20.8 Å². The average molecular weight is 251 g/mol. The van der Waals surface area contributed by atoms with Crippen LogP contribution in [-0.2, 0) is 11.2 Å². The zero-order valence-electron chi connectivity index (χ0n) is 11.5. The first kappa shape index (κ1) is 14.4. The summed E-state index contributed by atoms with van der Waals surface area (Å²) in [5, 5.41) is 2.86. The molecule has 0 radical (unpaired) electrons. The first-order chi connectivity index (χ1) is 8.62. The maximum atomic E-state index is 11.2. The molecule has 0 heterocycles. The topological polar surface area (TPSA) is 47.6 Å². The molecule has 0 aromatic heterocycles. The van der Waals surface area contributed by atoms with Crippen LogP contribution in [0.15, 0.2) is 12.1 Å². The number of hydrogen-bond acceptors (Lipinski definition) is 3. The Morgan fingerprint density at radius 1 is 1.22 bits per heavy atom. The Labute approximate surface area is 108 Å². The summed E-state index contributed by atoms with van der Waals surface area (Å²) in [4.78, 5) is 11.2. The second-order valence-corrected chi connectivity index (χ2v) is 4.09. The van der Waals surface area contributed by atoms with Gasteiger partial charge in [-0.2, -0.15) is 0 Å². The Hall–Kier alpha value is -1.71. The van der Waals surface area contributed by atoms with E-state index in [1.54, 1.807) is 14.2 Å². The lowest BCUT2D eigenvalue weighted by Crippen LogP contribution is -2.24. The Kier molecular flexibility index (Phi) is 5.49. The Balaban J connectivity index is 2.73. The van der Waals surface area contributed by atoms with Crippen LogP contribution < -0.4 is 14.8 Å². The number of carbonyl (C=O) groups excluding carboxylic acids is 1. The first-order valence-corrected chi connectivity index (χ1v) is 6.10. The van der Waals surface area contributed by atoms with Gasteiger partial charge >= 0.3 is 0 Å². The fourth-order valence-corrected chi connectivity index (χ4v) is 1.75. The van der Waals surface area contributed by atoms with Crippen LogP contribution in [-0.4, -0.2) is 26.7 Å². The number of carbonyl (C=O) groups is 1. The number of hydrogen-bond donors (Lipinski definition) is 1. The van der Waals surface area contributed by atoms with Crippen LogP contribution in [0.2, 0.25) is 0 Å². The van der Waals surface area contributed by atoms with Gasteiger partial charge in [-0.1, -0.05) is 6.92 Å². The van der Waals surface area contributed by atoms with Crippen molar-refractivity contribution in [1.29, 1.82) is 0 Å². The van der Waals surface area contributed by atoms with Crippen molar-refractivity contribution in [2.45, 2.75) is 26.7 Å². The van der Waals surface area contributed by atoms with E-state index in [2.05, 4.69) is 5.32 Å². The summed E-state index contributed by atoms with van der Waals surface area (Å²) in [6.45, 7) is 4.51. The van der Waals surface area contributed by atoms with Crippen molar-refractivity contribution in [3.63, 3.8) is 0 Å². The Morgan fingerprint density at radius 2 is 1.83 bits per heavy atom. The number of methoxy groups -OCH3 is 2. The van der Waals surface area contributed by atoms with Gasteiger partial charge in [-0.25, -0.2) is 0 Å². The molecule has 0 aliphatic carbocycles. The molecule has 0 saturated carbocycles. The van der Waals surface area contributed by atoms with Gasteiger partial charge in [0.2, 0.25) is 5.91 Å². The molecule has 0 atom stereocenters.